The molecule has 6 nitrogen and oxygen atoms in total. The third-order valence-electron chi connectivity index (χ3n) is 3.08. The van der Waals surface area contributed by atoms with Crippen LogP contribution in [0.25, 0.3) is 0 Å². The second kappa shape index (κ2) is 6.38. The molecule has 0 aliphatic carbocycles. The predicted octanol–water partition coefficient (Wildman–Crippen LogP) is 2.64. The van der Waals surface area contributed by atoms with E-state index >= 15 is 0 Å². The van der Waals surface area contributed by atoms with Crippen LogP contribution in [0.4, 0.5) is 5.69 Å². The number of sulfonamides is 1. The van der Waals surface area contributed by atoms with E-state index < -0.39 is 19.9 Å². The Balaban J connectivity index is 2.43. The minimum absolute atomic E-state index is 0.0648. The maximum absolute atomic E-state index is 12.3. The van der Waals surface area contributed by atoms with E-state index in [1.54, 1.807) is 0 Å². The lowest BCUT2D eigenvalue weighted by molar-refractivity contribution is 0.477. The van der Waals surface area contributed by atoms with Crippen LogP contribution in [0.2, 0.25) is 5.02 Å². The first-order chi connectivity index (χ1) is 10.7. The summed E-state index contributed by atoms with van der Waals surface area (Å²) in [5.74, 6) is -0.515. The summed E-state index contributed by atoms with van der Waals surface area (Å²) in [5.41, 5.74) is -0.213. The number of halogens is 1. The molecule has 0 heterocycles. The van der Waals surface area contributed by atoms with Crippen molar-refractivity contribution in [2.45, 2.75) is 16.7 Å². The van der Waals surface area contributed by atoms with Crippen molar-refractivity contribution in [1.82, 2.24) is 0 Å². The van der Waals surface area contributed by atoms with Gasteiger partial charge in [0.05, 0.1) is 21.2 Å². The zero-order valence-electron chi connectivity index (χ0n) is 12.0. The van der Waals surface area contributed by atoms with Crippen molar-refractivity contribution in [2.75, 3.05) is 10.5 Å². The van der Waals surface area contributed by atoms with Gasteiger partial charge in [-0.2, -0.15) is 0 Å². The molecule has 0 radical (unpaired) electrons. The molecule has 0 aliphatic heterocycles. The highest BCUT2D eigenvalue weighted by Crippen LogP contribution is 2.29. The first kappa shape index (κ1) is 17.6. The van der Waals surface area contributed by atoms with E-state index in [4.69, 9.17) is 11.6 Å². The van der Waals surface area contributed by atoms with E-state index in [1.807, 2.05) is 0 Å². The third-order valence-corrected chi connectivity index (χ3v) is 6.44. The standard InChI is InChI=1S/C14H14ClNO5S2/c1-2-22(18,19)12-7-8-14(17)13(9-12)16-23(20,21)11-5-3-10(15)4-6-11/h3-9,16-17H,2H2,1H3. The fourth-order valence-electron chi connectivity index (χ4n) is 1.77. The van der Waals surface area contributed by atoms with Crippen molar-refractivity contribution in [2.24, 2.45) is 0 Å². The van der Waals surface area contributed by atoms with Crippen LogP contribution in [0.3, 0.4) is 0 Å². The number of nitrogens with one attached hydrogen (secondary N) is 1. The van der Waals surface area contributed by atoms with Crippen molar-refractivity contribution < 1.29 is 21.9 Å². The summed E-state index contributed by atoms with van der Waals surface area (Å²) >= 11 is 5.71. The number of anilines is 1. The summed E-state index contributed by atoms with van der Waals surface area (Å²) < 4.78 is 50.5. The van der Waals surface area contributed by atoms with Gasteiger partial charge in [0.15, 0.2) is 9.84 Å². The van der Waals surface area contributed by atoms with E-state index in [1.165, 1.54) is 37.3 Å². The van der Waals surface area contributed by atoms with Crippen molar-refractivity contribution in [1.29, 1.82) is 0 Å². The quantitative estimate of drug-likeness (QED) is 0.782. The highest BCUT2D eigenvalue weighted by molar-refractivity contribution is 7.92. The first-order valence-electron chi connectivity index (χ1n) is 6.50. The second-order valence-corrected chi connectivity index (χ2v) is 9.04. The van der Waals surface area contributed by atoms with Gasteiger partial charge in [-0.1, -0.05) is 18.5 Å². The van der Waals surface area contributed by atoms with Gasteiger partial charge in [-0.15, -0.1) is 0 Å². The van der Waals surface area contributed by atoms with Gasteiger partial charge in [0, 0.05) is 5.02 Å². The van der Waals surface area contributed by atoms with Crippen LogP contribution in [0.5, 0.6) is 5.75 Å². The van der Waals surface area contributed by atoms with Crippen LogP contribution in [0.15, 0.2) is 52.3 Å². The predicted molar refractivity (Wildman–Crippen MR) is 88.1 cm³/mol. The van der Waals surface area contributed by atoms with Crippen LogP contribution in [-0.2, 0) is 19.9 Å². The Morgan fingerprint density at radius 2 is 1.57 bits per heavy atom. The van der Waals surface area contributed by atoms with E-state index in [2.05, 4.69) is 4.72 Å². The molecule has 0 bridgehead atoms. The number of phenols is 1. The van der Waals surface area contributed by atoms with Crippen LogP contribution < -0.4 is 4.72 Å². The smallest absolute Gasteiger partial charge is 0.262 e. The minimum Gasteiger partial charge on any atom is -0.506 e. The number of aromatic hydroxyl groups is 1. The van der Waals surface area contributed by atoms with Gasteiger partial charge >= 0.3 is 0 Å². The second-order valence-electron chi connectivity index (χ2n) is 4.64. The summed E-state index contributed by atoms with van der Waals surface area (Å²) in [6.07, 6.45) is 0. The summed E-state index contributed by atoms with van der Waals surface area (Å²) in [6.45, 7) is 1.47. The van der Waals surface area contributed by atoms with Gasteiger partial charge in [0.25, 0.3) is 10.0 Å². The fourth-order valence-corrected chi connectivity index (χ4v) is 3.87. The molecule has 0 aromatic heterocycles. The number of sulfone groups is 1. The van der Waals surface area contributed by atoms with Crippen molar-refractivity contribution >= 4 is 37.1 Å². The van der Waals surface area contributed by atoms with Gasteiger partial charge in [-0.05, 0) is 42.5 Å². The molecule has 124 valence electrons. The molecule has 0 saturated heterocycles. The largest absolute Gasteiger partial charge is 0.506 e. The third kappa shape index (κ3) is 3.95. The molecule has 23 heavy (non-hydrogen) atoms. The maximum atomic E-state index is 12.3. The molecule has 2 aromatic rings. The summed E-state index contributed by atoms with van der Waals surface area (Å²) in [6, 6.07) is 8.85. The number of phenolic OH excluding ortho intramolecular Hbond substituents is 1. The summed E-state index contributed by atoms with van der Waals surface area (Å²) in [4.78, 5) is -0.142. The SMILES string of the molecule is CCS(=O)(=O)c1ccc(O)c(NS(=O)(=O)c2ccc(Cl)cc2)c1. The highest BCUT2D eigenvalue weighted by atomic mass is 35.5. The van der Waals surface area contributed by atoms with Crippen LogP contribution in [0, 0.1) is 0 Å². The number of benzene rings is 2. The molecule has 0 amide bonds. The molecule has 2 rings (SSSR count). The summed E-state index contributed by atoms with van der Waals surface area (Å²) in [7, 11) is -7.51. The average Bonchev–Trinajstić information content (AvgIpc) is 2.49. The maximum Gasteiger partial charge on any atom is 0.262 e. The lowest BCUT2D eigenvalue weighted by atomic mass is 10.3. The molecule has 0 aliphatic rings. The van der Waals surface area contributed by atoms with Crippen LogP contribution >= 0.6 is 11.6 Å². The average molecular weight is 376 g/mol. The van der Waals surface area contributed by atoms with Gasteiger partial charge in [0.1, 0.15) is 5.75 Å². The highest BCUT2D eigenvalue weighted by Gasteiger charge is 2.19. The van der Waals surface area contributed by atoms with Crippen LogP contribution in [0.1, 0.15) is 6.92 Å². The Hall–Kier alpha value is -1.77. The number of hydrogen-bond donors (Lipinski definition) is 2. The van der Waals surface area contributed by atoms with E-state index in [0.717, 1.165) is 12.1 Å². The number of hydrogen-bond acceptors (Lipinski definition) is 5. The van der Waals surface area contributed by atoms with Gasteiger partial charge in [-0.25, -0.2) is 16.8 Å². The molecule has 0 unspecified atom stereocenters. The van der Waals surface area contributed by atoms with E-state index in [0.29, 0.717) is 5.02 Å². The van der Waals surface area contributed by atoms with Gasteiger partial charge < -0.3 is 5.11 Å². The molecule has 2 N–H and O–H groups in total. The molecule has 0 fully saturated rings. The Bertz CT molecular complexity index is 922. The van der Waals surface area contributed by atoms with E-state index in [9.17, 15) is 21.9 Å². The van der Waals surface area contributed by atoms with Crippen molar-refractivity contribution in [3.8, 4) is 5.75 Å². The molecular formula is C14H14ClNO5S2. The number of rotatable bonds is 5. The van der Waals surface area contributed by atoms with E-state index in [-0.39, 0.29) is 27.0 Å². The van der Waals surface area contributed by atoms with Crippen LogP contribution in [-0.4, -0.2) is 27.7 Å². The lowest BCUT2D eigenvalue weighted by Crippen LogP contribution is -2.13. The Morgan fingerprint density at radius 3 is 2.13 bits per heavy atom. The zero-order valence-corrected chi connectivity index (χ0v) is 14.4. The first-order valence-corrected chi connectivity index (χ1v) is 10.0. The molecule has 9 heteroatoms. The monoisotopic (exact) mass is 375 g/mol. The molecule has 0 saturated carbocycles. The van der Waals surface area contributed by atoms with Crippen molar-refractivity contribution in [3.05, 3.63) is 47.5 Å². The lowest BCUT2D eigenvalue weighted by Gasteiger charge is -2.11. The topological polar surface area (TPSA) is 101 Å². The van der Waals surface area contributed by atoms with Crippen molar-refractivity contribution in [3.63, 3.8) is 0 Å². The molecule has 2 aromatic carbocycles. The van der Waals surface area contributed by atoms with Gasteiger partial charge in [-0.3, -0.25) is 4.72 Å². The molecule has 0 atom stereocenters. The normalized spacial score (nSPS) is 12.1. The fraction of sp³-hybridized carbons (Fsp3) is 0.143. The Labute approximate surface area is 139 Å². The Morgan fingerprint density at radius 1 is 1.00 bits per heavy atom. The summed E-state index contributed by atoms with van der Waals surface area (Å²) in [5, 5.41) is 10.2. The molecule has 0 spiro atoms. The Kier molecular flexibility index (Phi) is 4.88. The minimum atomic E-state index is -3.99. The zero-order chi connectivity index (χ0) is 17.3. The molecular weight excluding hydrogens is 362 g/mol. The van der Waals surface area contributed by atoms with Gasteiger partial charge in [0.2, 0.25) is 0 Å².